The van der Waals surface area contributed by atoms with Crippen molar-refractivity contribution in [2.45, 2.75) is 0 Å². The molecule has 0 spiro atoms. The minimum atomic E-state index is 1.13. The Morgan fingerprint density at radius 1 is 0.246 bits per heavy atom. The molecule has 12 aromatic rings. The van der Waals surface area contributed by atoms with Crippen molar-refractivity contribution in [3.8, 4) is 39.3 Å². The number of rotatable bonds is 5. The van der Waals surface area contributed by atoms with Gasteiger partial charge in [0, 0.05) is 38.0 Å². The molecule has 0 fully saturated rings. The van der Waals surface area contributed by atoms with Gasteiger partial charge in [0.25, 0.3) is 0 Å². The van der Waals surface area contributed by atoms with Crippen molar-refractivity contribution in [3.05, 3.63) is 212 Å². The lowest BCUT2D eigenvalue weighted by molar-refractivity contribution is 1.13. The Labute approximate surface area is 329 Å². The van der Waals surface area contributed by atoms with Crippen molar-refractivity contribution in [3.63, 3.8) is 0 Å². The minimum absolute atomic E-state index is 1.13. The lowest BCUT2D eigenvalue weighted by Crippen LogP contribution is -2.01. The molecule has 3 heterocycles. The van der Waals surface area contributed by atoms with Crippen LogP contribution in [-0.4, -0.2) is 13.7 Å². The van der Waals surface area contributed by atoms with Crippen molar-refractivity contribution in [1.29, 1.82) is 0 Å². The van der Waals surface area contributed by atoms with Gasteiger partial charge in [-0.3, -0.25) is 0 Å². The Bertz CT molecular complexity index is 3400. The summed E-state index contributed by atoms with van der Waals surface area (Å²) in [6, 6.07) is 77.5. The van der Waals surface area contributed by atoms with E-state index in [4.69, 9.17) is 0 Å². The molecule has 57 heavy (non-hydrogen) atoms. The zero-order chi connectivity index (χ0) is 37.5. The molecule has 0 radical (unpaired) electrons. The van der Waals surface area contributed by atoms with Gasteiger partial charge in [0.1, 0.15) is 0 Å². The summed E-state index contributed by atoms with van der Waals surface area (Å²) in [7, 11) is 0. The maximum absolute atomic E-state index is 2.50. The highest BCUT2D eigenvalue weighted by Gasteiger charge is 2.23. The molecule has 0 atom stereocenters. The van der Waals surface area contributed by atoms with Crippen LogP contribution in [0.2, 0.25) is 0 Å². The maximum atomic E-state index is 2.50. The fourth-order valence-corrected chi connectivity index (χ4v) is 9.41. The number of para-hydroxylation sites is 5. The SMILES string of the molecule is c1ccc(-c2cc(-c3ccccc3)cc(-n3c4ccccc4c4cccc(-n5c6ccccc6c6c(-n7c8ccccc8c8ccccc87)cccc65)c43)c2)cc1. The molecule has 0 aliphatic heterocycles. The van der Waals surface area contributed by atoms with Crippen LogP contribution in [0.25, 0.3) is 105 Å². The molecule has 0 unspecified atom stereocenters. The Hall–Kier alpha value is -7.62. The van der Waals surface area contributed by atoms with Crippen LogP contribution in [0.1, 0.15) is 0 Å². The number of nitrogens with zero attached hydrogens (tertiary/aromatic N) is 3. The molecule has 3 nitrogen and oxygen atoms in total. The van der Waals surface area contributed by atoms with E-state index in [1.165, 1.54) is 93.4 Å². The van der Waals surface area contributed by atoms with Gasteiger partial charge in [-0.15, -0.1) is 0 Å². The van der Waals surface area contributed by atoms with Gasteiger partial charge in [0.15, 0.2) is 0 Å². The van der Waals surface area contributed by atoms with E-state index in [0.717, 1.165) is 11.4 Å². The lowest BCUT2D eigenvalue weighted by Gasteiger charge is -2.17. The van der Waals surface area contributed by atoms with Crippen molar-refractivity contribution < 1.29 is 0 Å². The maximum Gasteiger partial charge on any atom is 0.0782 e. The highest BCUT2D eigenvalue weighted by atomic mass is 15.1. The highest BCUT2D eigenvalue weighted by Crippen LogP contribution is 2.43. The normalized spacial score (nSPS) is 11.9. The molecule has 0 aliphatic carbocycles. The summed E-state index contributed by atoms with van der Waals surface area (Å²) < 4.78 is 7.46. The molecule has 266 valence electrons. The van der Waals surface area contributed by atoms with E-state index in [9.17, 15) is 0 Å². The number of hydrogen-bond donors (Lipinski definition) is 0. The molecule has 0 saturated heterocycles. The second-order valence-corrected chi connectivity index (χ2v) is 14.9. The molecular weight excluding hydrogens is 691 g/mol. The second kappa shape index (κ2) is 12.5. The molecule has 0 bridgehead atoms. The number of benzene rings is 9. The van der Waals surface area contributed by atoms with E-state index in [0.29, 0.717) is 0 Å². The summed E-state index contributed by atoms with van der Waals surface area (Å²) in [5, 5.41) is 7.43. The van der Waals surface area contributed by atoms with Gasteiger partial charge in [-0.2, -0.15) is 0 Å². The van der Waals surface area contributed by atoms with Crippen molar-refractivity contribution in [2.24, 2.45) is 0 Å². The largest absolute Gasteiger partial charge is 0.309 e. The third-order valence-corrected chi connectivity index (χ3v) is 11.8. The number of fused-ring (bicyclic) bond motifs is 9. The van der Waals surface area contributed by atoms with E-state index in [1.54, 1.807) is 0 Å². The topological polar surface area (TPSA) is 14.8 Å². The van der Waals surface area contributed by atoms with Crippen LogP contribution < -0.4 is 0 Å². The average Bonchev–Trinajstić information content (AvgIpc) is 3.93. The monoisotopic (exact) mass is 725 g/mol. The predicted octanol–water partition coefficient (Wildman–Crippen LogP) is 14.3. The number of aromatic nitrogens is 3. The van der Waals surface area contributed by atoms with E-state index in [-0.39, 0.29) is 0 Å². The Balaban J connectivity index is 1.20. The van der Waals surface area contributed by atoms with Crippen LogP contribution in [0.4, 0.5) is 0 Å². The van der Waals surface area contributed by atoms with E-state index < -0.39 is 0 Å². The molecule has 0 aliphatic rings. The Kier molecular flexibility index (Phi) is 6.93. The van der Waals surface area contributed by atoms with Gasteiger partial charge in [-0.25, -0.2) is 0 Å². The first-order valence-electron chi connectivity index (χ1n) is 19.6. The predicted molar refractivity (Wildman–Crippen MR) is 240 cm³/mol. The molecular formula is C54H35N3. The van der Waals surface area contributed by atoms with Gasteiger partial charge in [-0.05, 0) is 82.9 Å². The van der Waals surface area contributed by atoms with Gasteiger partial charge in [-0.1, -0.05) is 152 Å². The fraction of sp³-hybridized carbons (Fsp3) is 0. The minimum Gasteiger partial charge on any atom is -0.309 e. The average molecular weight is 726 g/mol. The molecule has 0 N–H and O–H groups in total. The van der Waals surface area contributed by atoms with E-state index >= 15 is 0 Å². The zero-order valence-corrected chi connectivity index (χ0v) is 31.0. The van der Waals surface area contributed by atoms with Crippen LogP contribution in [-0.2, 0) is 0 Å². The van der Waals surface area contributed by atoms with Crippen LogP contribution in [0.3, 0.4) is 0 Å². The molecule has 0 saturated carbocycles. The van der Waals surface area contributed by atoms with E-state index in [2.05, 4.69) is 226 Å². The lowest BCUT2D eigenvalue weighted by atomic mass is 9.98. The summed E-state index contributed by atoms with van der Waals surface area (Å²) in [6.45, 7) is 0. The summed E-state index contributed by atoms with van der Waals surface area (Å²) in [6.07, 6.45) is 0. The van der Waals surface area contributed by atoms with Crippen LogP contribution >= 0.6 is 0 Å². The summed E-state index contributed by atoms with van der Waals surface area (Å²) in [5.41, 5.74) is 15.3. The zero-order valence-electron chi connectivity index (χ0n) is 31.0. The quantitative estimate of drug-likeness (QED) is 0.168. The molecule has 3 heteroatoms. The first kappa shape index (κ1) is 31.7. The standard InChI is InChI=1S/C54H35N3/c1-3-17-36(18-4-1)38-33-39(37-19-5-2-6-20-37)35-40(34-38)55-46-26-11-9-23-43(46)44-25-15-32-52(54(44)55)57-49-29-14-10-24-45(49)53-50(30-16-31-51(53)57)56-47-27-12-7-21-41(47)42-22-8-13-28-48(42)56/h1-35H. The van der Waals surface area contributed by atoms with Crippen LogP contribution in [0.15, 0.2) is 212 Å². The molecule has 12 rings (SSSR count). The Morgan fingerprint density at radius 3 is 1.25 bits per heavy atom. The summed E-state index contributed by atoms with van der Waals surface area (Å²) in [5.74, 6) is 0. The molecule has 3 aromatic heterocycles. The van der Waals surface area contributed by atoms with Gasteiger partial charge in [0.2, 0.25) is 0 Å². The van der Waals surface area contributed by atoms with Crippen molar-refractivity contribution >= 4 is 65.4 Å². The first-order chi connectivity index (χ1) is 28.3. The number of hydrogen-bond acceptors (Lipinski definition) is 0. The fourth-order valence-electron chi connectivity index (χ4n) is 9.41. The van der Waals surface area contributed by atoms with Gasteiger partial charge >= 0.3 is 0 Å². The Morgan fingerprint density at radius 2 is 0.649 bits per heavy atom. The third kappa shape index (κ3) is 4.73. The van der Waals surface area contributed by atoms with Crippen molar-refractivity contribution in [1.82, 2.24) is 13.7 Å². The first-order valence-corrected chi connectivity index (χ1v) is 19.6. The van der Waals surface area contributed by atoms with Crippen LogP contribution in [0, 0.1) is 0 Å². The highest BCUT2D eigenvalue weighted by molar-refractivity contribution is 6.18. The smallest absolute Gasteiger partial charge is 0.0782 e. The van der Waals surface area contributed by atoms with Gasteiger partial charge in [0.05, 0.1) is 44.5 Å². The second-order valence-electron chi connectivity index (χ2n) is 14.9. The summed E-state index contributed by atoms with van der Waals surface area (Å²) >= 11 is 0. The third-order valence-electron chi connectivity index (χ3n) is 11.8. The molecule has 0 amide bonds. The molecule has 9 aromatic carbocycles. The summed E-state index contributed by atoms with van der Waals surface area (Å²) in [4.78, 5) is 0. The van der Waals surface area contributed by atoms with Gasteiger partial charge < -0.3 is 13.7 Å². The van der Waals surface area contributed by atoms with E-state index in [1.807, 2.05) is 0 Å². The van der Waals surface area contributed by atoms with Crippen LogP contribution in [0.5, 0.6) is 0 Å². The van der Waals surface area contributed by atoms with Crippen molar-refractivity contribution in [2.75, 3.05) is 0 Å².